The Kier molecular flexibility index (Phi) is 5.28. The van der Waals surface area contributed by atoms with Gasteiger partial charge in [-0.1, -0.05) is 41.9 Å². The monoisotopic (exact) mass is 352 g/mol. The minimum absolute atomic E-state index is 0.156. The van der Waals surface area contributed by atoms with E-state index in [-0.39, 0.29) is 22.7 Å². The van der Waals surface area contributed by atoms with Crippen LogP contribution in [-0.4, -0.2) is 20.6 Å². The van der Waals surface area contributed by atoms with Crippen molar-refractivity contribution in [1.29, 1.82) is 0 Å². The molecule has 7 heteroatoms. The van der Waals surface area contributed by atoms with E-state index in [9.17, 15) is 13.2 Å². The van der Waals surface area contributed by atoms with Crippen LogP contribution in [0.3, 0.4) is 0 Å². The van der Waals surface area contributed by atoms with Crippen molar-refractivity contribution in [3.63, 3.8) is 0 Å². The second kappa shape index (κ2) is 7.02. The van der Waals surface area contributed by atoms with Gasteiger partial charge in [0.15, 0.2) is 0 Å². The summed E-state index contributed by atoms with van der Waals surface area (Å²) in [5.74, 6) is -0.283. The van der Waals surface area contributed by atoms with Crippen LogP contribution in [0.25, 0.3) is 0 Å². The normalized spacial score (nSPS) is 12.5. The molecule has 1 amide bonds. The minimum atomic E-state index is -3.42. The molecule has 0 heterocycles. The third kappa shape index (κ3) is 4.97. The van der Waals surface area contributed by atoms with Crippen LogP contribution in [0.2, 0.25) is 5.02 Å². The first-order valence-electron chi connectivity index (χ1n) is 6.89. The van der Waals surface area contributed by atoms with Crippen molar-refractivity contribution in [2.75, 3.05) is 11.0 Å². The Morgan fingerprint density at radius 3 is 2.35 bits per heavy atom. The van der Waals surface area contributed by atoms with E-state index < -0.39 is 10.0 Å². The van der Waals surface area contributed by atoms with Gasteiger partial charge in [-0.05, 0) is 30.7 Å². The first-order chi connectivity index (χ1) is 10.8. The van der Waals surface area contributed by atoms with Gasteiger partial charge in [-0.25, -0.2) is 8.42 Å². The van der Waals surface area contributed by atoms with Crippen molar-refractivity contribution in [2.24, 2.45) is 0 Å². The lowest BCUT2D eigenvalue weighted by Crippen LogP contribution is -2.26. The van der Waals surface area contributed by atoms with Gasteiger partial charge in [-0.3, -0.25) is 9.52 Å². The maximum Gasteiger partial charge on any atom is 0.251 e. The number of halogens is 1. The highest BCUT2D eigenvalue weighted by molar-refractivity contribution is 7.92. The molecule has 0 saturated heterocycles. The fourth-order valence-corrected chi connectivity index (χ4v) is 2.91. The van der Waals surface area contributed by atoms with Crippen molar-refractivity contribution in [3.8, 4) is 0 Å². The topological polar surface area (TPSA) is 75.3 Å². The number of nitrogens with one attached hydrogen (secondary N) is 2. The lowest BCUT2D eigenvalue weighted by atomic mass is 10.1. The molecule has 0 bridgehead atoms. The van der Waals surface area contributed by atoms with E-state index in [1.165, 1.54) is 18.2 Å². The Bertz CT molecular complexity index is 807. The van der Waals surface area contributed by atoms with Gasteiger partial charge in [-0.2, -0.15) is 0 Å². The molecule has 0 aliphatic carbocycles. The first-order valence-corrected chi connectivity index (χ1v) is 9.16. The summed E-state index contributed by atoms with van der Waals surface area (Å²) in [6.45, 7) is 1.88. The molecule has 23 heavy (non-hydrogen) atoms. The fraction of sp³-hybridized carbons (Fsp3) is 0.188. The summed E-state index contributed by atoms with van der Waals surface area (Å²) in [5.41, 5.74) is 1.58. The molecule has 2 aromatic rings. The zero-order valence-corrected chi connectivity index (χ0v) is 14.3. The van der Waals surface area contributed by atoms with Gasteiger partial charge in [-0.15, -0.1) is 0 Å². The van der Waals surface area contributed by atoms with E-state index in [1.54, 1.807) is 0 Å². The van der Waals surface area contributed by atoms with Gasteiger partial charge >= 0.3 is 0 Å². The summed E-state index contributed by atoms with van der Waals surface area (Å²) in [5, 5.41) is 3.03. The number of hydrogen-bond donors (Lipinski definition) is 2. The maximum absolute atomic E-state index is 12.3. The van der Waals surface area contributed by atoms with Crippen LogP contribution in [-0.2, 0) is 10.0 Å². The highest BCUT2D eigenvalue weighted by Crippen LogP contribution is 2.24. The summed E-state index contributed by atoms with van der Waals surface area (Å²) >= 11 is 6.03. The predicted molar refractivity (Wildman–Crippen MR) is 92.2 cm³/mol. The van der Waals surface area contributed by atoms with E-state index in [2.05, 4.69) is 10.0 Å². The van der Waals surface area contributed by atoms with E-state index in [1.807, 2.05) is 37.3 Å². The minimum Gasteiger partial charge on any atom is -0.346 e. The second-order valence-electron chi connectivity index (χ2n) is 5.17. The SMILES string of the molecule is C[C@H](NC(=O)c1ccc(NS(C)(=O)=O)c(Cl)c1)c1ccccc1. The Morgan fingerprint density at radius 2 is 1.78 bits per heavy atom. The molecule has 0 radical (unpaired) electrons. The van der Waals surface area contributed by atoms with Gasteiger partial charge < -0.3 is 5.32 Å². The van der Waals surface area contributed by atoms with Crippen LogP contribution in [0.1, 0.15) is 28.9 Å². The Hall–Kier alpha value is -2.05. The van der Waals surface area contributed by atoms with Gasteiger partial charge in [0.05, 0.1) is 23.0 Å². The van der Waals surface area contributed by atoms with Gasteiger partial charge in [0, 0.05) is 5.56 Å². The molecule has 0 aliphatic rings. The number of anilines is 1. The molecule has 2 N–H and O–H groups in total. The van der Waals surface area contributed by atoms with E-state index in [4.69, 9.17) is 11.6 Å². The Labute approximate surface area is 140 Å². The average molecular weight is 353 g/mol. The molecule has 0 saturated carbocycles. The molecular weight excluding hydrogens is 336 g/mol. The molecule has 0 spiro atoms. The largest absolute Gasteiger partial charge is 0.346 e. The van der Waals surface area contributed by atoms with Crippen molar-refractivity contribution < 1.29 is 13.2 Å². The lowest BCUT2D eigenvalue weighted by Gasteiger charge is -2.15. The molecule has 2 aromatic carbocycles. The van der Waals surface area contributed by atoms with Crippen molar-refractivity contribution in [3.05, 3.63) is 64.7 Å². The number of rotatable bonds is 5. The highest BCUT2D eigenvalue weighted by Gasteiger charge is 2.14. The van der Waals surface area contributed by atoms with Gasteiger partial charge in [0.2, 0.25) is 10.0 Å². The third-order valence-electron chi connectivity index (χ3n) is 3.17. The van der Waals surface area contributed by atoms with E-state index in [0.717, 1.165) is 11.8 Å². The number of hydrogen-bond acceptors (Lipinski definition) is 3. The predicted octanol–water partition coefficient (Wildman–Crippen LogP) is 3.20. The van der Waals surface area contributed by atoms with Crippen LogP contribution >= 0.6 is 11.6 Å². The molecule has 5 nitrogen and oxygen atoms in total. The average Bonchev–Trinajstić information content (AvgIpc) is 2.48. The number of benzene rings is 2. The molecule has 0 unspecified atom stereocenters. The van der Waals surface area contributed by atoms with Crippen LogP contribution < -0.4 is 10.0 Å². The standard InChI is InChI=1S/C16H17ClN2O3S/c1-11(12-6-4-3-5-7-12)18-16(20)13-8-9-15(14(17)10-13)19-23(2,21)22/h3-11,19H,1-2H3,(H,18,20)/t11-/m0/s1. The van der Waals surface area contributed by atoms with Gasteiger partial charge in [0.25, 0.3) is 5.91 Å². The number of carbonyl (C=O) groups is 1. The fourth-order valence-electron chi connectivity index (χ4n) is 2.04. The quantitative estimate of drug-likeness (QED) is 0.867. The van der Waals surface area contributed by atoms with Gasteiger partial charge in [0.1, 0.15) is 0 Å². The molecule has 0 aliphatic heterocycles. The number of amides is 1. The zero-order chi connectivity index (χ0) is 17.0. The maximum atomic E-state index is 12.3. The van der Waals surface area contributed by atoms with Crippen LogP contribution in [0, 0.1) is 0 Å². The van der Waals surface area contributed by atoms with Crippen LogP contribution in [0.5, 0.6) is 0 Å². The summed E-state index contributed by atoms with van der Waals surface area (Å²) in [6, 6.07) is 13.8. The molecule has 0 aromatic heterocycles. The molecule has 122 valence electrons. The smallest absolute Gasteiger partial charge is 0.251 e. The van der Waals surface area contributed by atoms with Crippen LogP contribution in [0.4, 0.5) is 5.69 Å². The molecule has 0 fully saturated rings. The van der Waals surface area contributed by atoms with Crippen molar-refractivity contribution >= 4 is 33.2 Å². The molecule has 2 rings (SSSR count). The third-order valence-corrected chi connectivity index (χ3v) is 4.08. The summed E-state index contributed by atoms with van der Waals surface area (Å²) in [6.07, 6.45) is 1.03. The molecular formula is C16H17ClN2O3S. The summed E-state index contributed by atoms with van der Waals surface area (Å²) in [7, 11) is -3.42. The lowest BCUT2D eigenvalue weighted by molar-refractivity contribution is 0.0940. The summed E-state index contributed by atoms with van der Waals surface area (Å²) in [4.78, 5) is 12.3. The highest BCUT2D eigenvalue weighted by atomic mass is 35.5. The number of sulfonamides is 1. The van der Waals surface area contributed by atoms with Crippen molar-refractivity contribution in [1.82, 2.24) is 5.32 Å². The molecule has 1 atom stereocenters. The summed E-state index contributed by atoms with van der Waals surface area (Å²) < 4.78 is 24.7. The van der Waals surface area contributed by atoms with E-state index >= 15 is 0 Å². The Morgan fingerprint density at radius 1 is 1.13 bits per heavy atom. The second-order valence-corrected chi connectivity index (χ2v) is 7.33. The van der Waals surface area contributed by atoms with Crippen molar-refractivity contribution in [2.45, 2.75) is 13.0 Å². The zero-order valence-electron chi connectivity index (χ0n) is 12.7. The van der Waals surface area contributed by atoms with Crippen LogP contribution in [0.15, 0.2) is 48.5 Å². The number of carbonyl (C=O) groups excluding carboxylic acids is 1. The first kappa shape index (κ1) is 17.3. The Balaban J connectivity index is 2.13. The van der Waals surface area contributed by atoms with E-state index in [0.29, 0.717) is 5.56 Å².